The van der Waals surface area contributed by atoms with Crippen LogP contribution in [0, 0.1) is 5.92 Å². The van der Waals surface area contributed by atoms with E-state index in [-0.39, 0.29) is 5.91 Å². The second-order valence-corrected chi connectivity index (χ2v) is 5.15. The Kier molecular flexibility index (Phi) is 9.14. The van der Waals surface area contributed by atoms with Crippen molar-refractivity contribution in [3.05, 3.63) is 0 Å². The van der Waals surface area contributed by atoms with Crippen LogP contribution in [0.5, 0.6) is 0 Å². The number of amides is 1. The van der Waals surface area contributed by atoms with E-state index in [4.69, 9.17) is 0 Å². The molecular weight excluding hydrogens is 212 g/mol. The zero-order valence-electron chi connectivity index (χ0n) is 12.2. The first-order valence-corrected chi connectivity index (χ1v) is 7.03. The highest BCUT2D eigenvalue weighted by Crippen LogP contribution is 2.12. The molecule has 0 aromatic heterocycles. The van der Waals surface area contributed by atoms with Crippen molar-refractivity contribution in [2.75, 3.05) is 6.54 Å². The Morgan fingerprint density at radius 2 is 1.71 bits per heavy atom. The van der Waals surface area contributed by atoms with Crippen LogP contribution in [-0.2, 0) is 4.79 Å². The van der Waals surface area contributed by atoms with Gasteiger partial charge in [-0.15, -0.1) is 0 Å². The van der Waals surface area contributed by atoms with Crippen molar-refractivity contribution in [3.8, 4) is 0 Å². The number of rotatable bonds is 9. The lowest BCUT2D eigenvalue weighted by Gasteiger charge is -2.22. The van der Waals surface area contributed by atoms with Gasteiger partial charge in [0.25, 0.3) is 0 Å². The molecule has 102 valence electrons. The van der Waals surface area contributed by atoms with Gasteiger partial charge in [-0.1, -0.05) is 40.5 Å². The van der Waals surface area contributed by atoms with E-state index in [9.17, 15) is 4.79 Å². The fraction of sp³-hybridized carbons (Fsp3) is 0.929. The van der Waals surface area contributed by atoms with E-state index in [1.165, 1.54) is 0 Å². The van der Waals surface area contributed by atoms with Gasteiger partial charge >= 0.3 is 0 Å². The average molecular weight is 242 g/mol. The maximum atomic E-state index is 11.7. The van der Waals surface area contributed by atoms with Gasteiger partial charge in [0.1, 0.15) is 0 Å². The summed E-state index contributed by atoms with van der Waals surface area (Å²) < 4.78 is 0. The van der Waals surface area contributed by atoms with E-state index in [2.05, 4.69) is 45.3 Å². The van der Waals surface area contributed by atoms with E-state index in [1.807, 2.05) is 0 Å². The Morgan fingerprint density at radius 3 is 2.18 bits per heavy atom. The lowest BCUT2D eigenvalue weighted by molar-refractivity contribution is -0.122. The predicted molar refractivity (Wildman–Crippen MR) is 74.0 cm³/mol. The summed E-state index contributed by atoms with van der Waals surface area (Å²) >= 11 is 0. The van der Waals surface area contributed by atoms with Crippen LogP contribution >= 0.6 is 0 Å². The predicted octanol–water partition coefficient (Wildman–Crippen LogP) is 2.71. The van der Waals surface area contributed by atoms with E-state index in [0.29, 0.717) is 24.4 Å². The van der Waals surface area contributed by atoms with Gasteiger partial charge in [-0.05, 0) is 25.8 Å². The second-order valence-electron chi connectivity index (χ2n) is 5.15. The van der Waals surface area contributed by atoms with Crippen LogP contribution < -0.4 is 10.6 Å². The maximum Gasteiger partial charge on any atom is 0.220 e. The molecule has 0 aromatic carbocycles. The number of hydrogen-bond acceptors (Lipinski definition) is 2. The molecular formula is C14H30N2O. The summed E-state index contributed by atoms with van der Waals surface area (Å²) in [5, 5.41) is 6.42. The normalized spacial score (nSPS) is 13.1. The minimum Gasteiger partial charge on any atom is -0.353 e. The van der Waals surface area contributed by atoms with Gasteiger partial charge in [-0.2, -0.15) is 0 Å². The molecule has 0 radical (unpaired) electrons. The summed E-state index contributed by atoms with van der Waals surface area (Å²) in [5.41, 5.74) is 0. The fourth-order valence-corrected chi connectivity index (χ4v) is 2.08. The smallest absolute Gasteiger partial charge is 0.220 e. The number of nitrogens with one attached hydrogen (secondary N) is 2. The average Bonchev–Trinajstić information content (AvgIpc) is 2.25. The van der Waals surface area contributed by atoms with Crippen LogP contribution in [0.1, 0.15) is 60.3 Å². The monoisotopic (exact) mass is 242 g/mol. The second kappa shape index (κ2) is 9.46. The fourth-order valence-electron chi connectivity index (χ4n) is 2.08. The quantitative estimate of drug-likeness (QED) is 0.610. The molecule has 1 atom stereocenters. The van der Waals surface area contributed by atoms with Crippen LogP contribution in [-0.4, -0.2) is 24.5 Å². The molecule has 0 aliphatic carbocycles. The van der Waals surface area contributed by atoms with Crippen molar-refractivity contribution in [2.24, 2.45) is 5.92 Å². The molecule has 1 unspecified atom stereocenters. The molecule has 1 amide bonds. The Hall–Kier alpha value is -0.570. The van der Waals surface area contributed by atoms with Crippen LogP contribution in [0.2, 0.25) is 0 Å². The Bertz CT molecular complexity index is 200. The van der Waals surface area contributed by atoms with E-state index >= 15 is 0 Å². The molecule has 0 saturated heterocycles. The molecule has 0 heterocycles. The van der Waals surface area contributed by atoms with E-state index in [1.54, 1.807) is 0 Å². The van der Waals surface area contributed by atoms with Crippen LogP contribution in [0.25, 0.3) is 0 Å². The van der Waals surface area contributed by atoms with Gasteiger partial charge in [-0.25, -0.2) is 0 Å². The van der Waals surface area contributed by atoms with Crippen molar-refractivity contribution in [2.45, 2.75) is 72.4 Å². The van der Waals surface area contributed by atoms with Crippen LogP contribution in [0.4, 0.5) is 0 Å². The molecule has 0 aliphatic heterocycles. The lowest BCUT2D eigenvalue weighted by Crippen LogP contribution is -2.38. The highest BCUT2D eigenvalue weighted by atomic mass is 16.1. The number of carbonyl (C=O) groups is 1. The standard InChI is InChI=1S/C14H30N2O/c1-6-13(7-2)12(5)16-14(17)9-8-10-15-11(3)4/h11-13,15H,6-10H2,1-5H3,(H,16,17). The molecule has 0 fully saturated rings. The topological polar surface area (TPSA) is 41.1 Å². The summed E-state index contributed by atoms with van der Waals surface area (Å²) in [7, 11) is 0. The molecule has 2 N–H and O–H groups in total. The van der Waals surface area contributed by atoms with Crippen molar-refractivity contribution in [1.29, 1.82) is 0 Å². The molecule has 3 nitrogen and oxygen atoms in total. The summed E-state index contributed by atoms with van der Waals surface area (Å²) in [5.74, 6) is 0.794. The van der Waals surface area contributed by atoms with Crippen molar-refractivity contribution < 1.29 is 4.79 Å². The molecule has 0 aromatic rings. The SMILES string of the molecule is CCC(CC)C(C)NC(=O)CCCNC(C)C. The molecule has 0 aliphatic rings. The van der Waals surface area contributed by atoms with Gasteiger partial charge < -0.3 is 10.6 Å². The highest BCUT2D eigenvalue weighted by Gasteiger charge is 2.15. The molecule has 0 saturated carbocycles. The zero-order chi connectivity index (χ0) is 13.3. The molecule has 0 rings (SSSR count). The van der Waals surface area contributed by atoms with Crippen LogP contribution in [0.15, 0.2) is 0 Å². The molecule has 17 heavy (non-hydrogen) atoms. The third-order valence-electron chi connectivity index (χ3n) is 3.28. The maximum absolute atomic E-state index is 11.7. The Morgan fingerprint density at radius 1 is 1.12 bits per heavy atom. The van der Waals surface area contributed by atoms with Gasteiger partial charge in [0.05, 0.1) is 0 Å². The first-order chi connectivity index (χ1) is 8.01. The van der Waals surface area contributed by atoms with Gasteiger partial charge in [0.2, 0.25) is 5.91 Å². The van der Waals surface area contributed by atoms with Gasteiger partial charge in [0.15, 0.2) is 0 Å². The van der Waals surface area contributed by atoms with Crippen molar-refractivity contribution in [1.82, 2.24) is 10.6 Å². The zero-order valence-corrected chi connectivity index (χ0v) is 12.2. The third-order valence-corrected chi connectivity index (χ3v) is 3.28. The summed E-state index contributed by atoms with van der Waals surface area (Å²) in [6.07, 6.45) is 3.81. The van der Waals surface area contributed by atoms with E-state index < -0.39 is 0 Å². The summed E-state index contributed by atoms with van der Waals surface area (Å²) in [4.78, 5) is 11.7. The van der Waals surface area contributed by atoms with Crippen molar-refractivity contribution in [3.63, 3.8) is 0 Å². The minimum absolute atomic E-state index is 0.190. The molecule has 0 bridgehead atoms. The van der Waals surface area contributed by atoms with E-state index in [0.717, 1.165) is 25.8 Å². The molecule has 0 spiro atoms. The van der Waals surface area contributed by atoms with Crippen molar-refractivity contribution >= 4 is 5.91 Å². The first kappa shape index (κ1) is 16.4. The summed E-state index contributed by atoms with van der Waals surface area (Å²) in [6.45, 7) is 11.6. The summed E-state index contributed by atoms with van der Waals surface area (Å²) in [6, 6.07) is 0.803. The number of hydrogen-bond donors (Lipinski definition) is 2. The Balaban J connectivity index is 3.70. The largest absolute Gasteiger partial charge is 0.353 e. The lowest BCUT2D eigenvalue weighted by atomic mass is 9.95. The van der Waals surface area contributed by atoms with Gasteiger partial charge in [0, 0.05) is 18.5 Å². The highest BCUT2D eigenvalue weighted by molar-refractivity contribution is 5.76. The first-order valence-electron chi connectivity index (χ1n) is 7.03. The Labute approximate surface area is 107 Å². The molecule has 3 heteroatoms. The van der Waals surface area contributed by atoms with Gasteiger partial charge in [-0.3, -0.25) is 4.79 Å². The number of carbonyl (C=O) groups excluding carboxylic acids is 1. The minimum atomic E-state index is 0.190. The van der Waals surface area contributed by atoms with Crippen LogP contribution in [0.3, 0.4) is 0 Å². The third kappa shape index (κ3) is 8.19.